The minimum atomic E-state index is -2.32. The SMILES string of the molecule is C#Cc1ccc(CC(=O)NC[C@@H](O)[C@@H](O)[C@@H]2O[C@@](OCCCCCC)(C(=O)O)C[C@H](O)[C@H]2CC(=O)CO)cc1. The molecule has 0 spiro atoms. The minimum Gasteiger partial charge on any atom is -0.477 e. The van der Waals surface area contributed by atoms with Gasteiger partial charge in [-0.05, 0) is 24.1 Å². The molecule has 11 heteroatoms. The molecule has 0 aliphatic carbocycles. The van der Waals surface area contributed by atoms with Gasteiger partial charge in [-0.3, -0.25) is 9.59 Å². The Hall–Kier alpha value is -2.85. The van der Waals surface area contributed by atoms with Crippen molar-refractivity contribution in [2.45, 2.75) is 82.1 Å². The number of benzene rings is 1. The highest BCUT2D eigenvalue weighted by Gasteiger charge is 2.55. The summed E-state index contributed by atoms with van der Waals surface area (Å²) in [7, 11) is 0. The number of aliphatic hydroxyl groups excluding tert-OH is 4. The number of carboxylic acids is 1. The van der Waals surface area contributed by atoms with Crippen molar-refractivity contribution < 1.29 is 49.4 Å². The fraction of sp³-hybridized carbons (Fsp3) is 0.607. The summed E-state index contributed by atoms with van der Waals surface area (Å²) in [5.74, 6) is -3.64. The van der Waals surface area contributed by atoms with Crippen LogP contribution in [0, 0.1) is 18.3 Å². The van der Waals surface area contributed by atoms with Gasteiger partial charge >= 0.3 is 5.97 Å². The molecule has 1 fully saturated rings. The first kappa shape index (κ1) is 32.4. The summed E-state index contributed by atoms with van der Waals surface area (Å²) in [5, 5.41) is 54.1. The maximum atomic E-state index is 12.4. The Morgan fingerprint density at radius 3 is 2.49 bits per heavy atom. The van der Waals surface area contributed by atoms with Gasteiger partial charge in [-0.25, -0.2) is 4.79 Å². The molecular weight excluding hydrogens is 510 g/mol. The summed E-state index contributed by atoms with van der Waals surface area (Å²) >= 11 is 0. The molecule has 0 saturated carbocycles. The average Bonchev–Trinajstić information content (AvgIpc) is 2.92. The zero-order valence-electron chi connectivity index (χ0n) is 22.1. The van der Waals surface area contributed by atoms with Crippen LogP contribution in [0.2, 0.25) is 0 Å². The summed E-state index contributed by atoms with van der Waals surface area (Å²) in [5.41, 5.74) is 1.33. The molecule has 1 saturated heterocycles. The molecule has 39 heavy (non-hydrogen) atoms. The van der Waals surface area contributed by atoms with E-state index in [4.69, 9.17) is 15.9 Å². The quantitative estimate of drug-likeness (QED) is 0.123. The first-order valence-electron chi connectivity index (χ1n) is 13.1. The molecule has 6 N–H and O–H groups in total. The molecule has 1 aromatic rings. The number of aliphatic hydroxyl groups is 4. The van der Waals surface area contributed by atoms with Crippen molar-refractivity contribution in [3.63, 3.8) is 0 Å². The largest absolute Gasteiger partial charge is 0.477 e. The van der Waals surface area contributed by atoms with Gasteiger partial charge in [0, 0.05) is 30.9 Å². The minimum absolute atomic E-state index is 0.0169. The zero-order valence-corrected chi connectivity index (χ0v) is 22.1. The van der Waals surface area contributed by atoms with Crippen LogP contribution in [0.15, 0.2) is 24.3 Å². The topological polar surface area (TPSA) is 183 Å². The zero-order chi connectivity index (χ0) is 29.0. The van der Waals surface area contributed by atoms with Crippen molar-refractivity contribution in [1.29, 1.82) is 0 Å². The number of carboxylic acid groups (broad SMARTS) is 1. The number of hydrogen-bond acceptors (Lipinski definition) is 9. The predicted molar refractivity (Wildman–Crippen MR) is 139 cm³/mol. The van der Waals surface area contributed by atoms with Crippen molar-refractivity contribution in [3.05, 3.63) is 35.4 Å². The fourth-order valence-corrected chi connectivity index (χ4v) is 4.49. The van der Waals surface area contributed by atoms with Crippen molar-refractivity contribution in [1.82, 2.24) is 5.32 Å². The maximum absolute atomic E-state index is 12.4. The van der Waals surface area contributed by atoms with Gasteiger partial charge in [-0.2, -0.15) is 0 Å². The van der Waals surface area contributed by atoms with E-state index in [0.29, 0.717) is 17.5 Å². The molecule has 0 radical (unpaired) electrons. The van der Waals surface area contributed by atoms with Crippen LogP contribution < -0.4 is 5.32 Å². The van der Waals surface area contributed by atoms with Gasteiger partial charge in [-0.1, -0.05) is 44.2 Å². The number of carbonyl (C=O) groups is 3. The Kier molecular flexibility index (Phi) is 13.0. The van der Waals surface area contributed by atoms with Crippen LogP contribution in [0.5, 0.6) is 0 Å². The molecule has 1 amide bonds. The lowest BCUT2D eigenvalue weighted by Gasteiger charge is -2.46. The number of Topliss-reactive ketones (excluding diaryl/α,β-unsaturated/α-hetero) is 1. The Balaban J connectivity index is 2.13. The summed E-state index contributed by atoms with van der Waals surface area (Å²) in [6.45, 7) is 0.788. The maximum Gasteiger partial charge on any atom is 0.364 e. The monoisotopic (exact) mass is 549 g/mol. The third-order valence-corrected chi connectivity index (χ3v) is 6.74. The molecule has 11 nitrogen and oxygen atoms in total. The Labute approximate surface area is 228 Å². The lowest BCUT2D eigenvalue weighted by Crippen LogP contribution is -2.62. The normalized spacial score (nSPS) is 24.4. The molecule has 6 atom stereocenters. The predicted octanol–water partition coefficient (Wildman–Crippen LogP) is 0.144. The number of unbranched alkanes of at least 4 members (excludes halogenated alkanes) is 3. The van der Waals surface area contributed by atoms with E-state index in [-0.39, 0.29) is 13.0 Å². The van der Waals surface area contributed by atoms with Gasteiger partial charge in [0.2, 0.25) is 5.91 Å². The lowest BCUT2D eigenvalue weighted by molar-refractivity contribution is -0.318. The molecule has 216 valence electrons. The number of terminal acetylenes is 1. The van der Waals surface area contributed by atoms with Crippen molar-refractivity contribution in [2.24, 2.45) is 5.92 Å². The average molecular weight is 550 g/mol. The first-order chi connectivity index (χ1) is 18.6. The van der Waals surface area contributed by atoms with E-state index in [1.807, 2.05) is 6.92 Å². The molecule has 0 unspecified atom stereocenters. The van der Waals surface area contributed by atoms with E-state index in [2.05, 4.69) is 11.2 Å². The smallest absolute Gasteiger partial charge is 0.364 e. The second-order valence-corrected chi connectivity index (χ2v) is 9.77. The van der Waals surface area contributed by atoms with E-state index in [1.54, 1.807) is 24.3 Å². The Morgan fingerprint density at radius 1 is 1.21 bits per heavy atom. The highest BCUT2D eigenvalue weighted by Crippen LogP contribution is 2.38. The molecular formula is C28H39NO10. The molecule has 2 rings (SSSR count). The highest BCUT2D eigenvalue weighted by molar-refractivity contribution is 5.80. The Bertz CT molecular complexity index is 991. The number of amides is 1. The molecule has 1 aliphatic rings. The standard InChI is InChI=1S/C28H39NO10/c1-3-5-6-7-12-38-28(27(36)37)15-22(32)21(14-20(31)17-30)26(39-28)25(35)23(33)16-29-24(34)13-19-10-8-18(4-2)9-11-19/h2,8-11,21-23,25-26,30,32-33,35H,3,5-7,12-17H2,1H3,(H,29,34)(H,36,37)/t21-,22+,23-,25-,26-,28-/m1/s1. The third-order valence-electron chi connectivity index (χ3n) is 6.74. The summed E-state index contributed by atoms with van der Waals surface area (Å²) < 4.78 is 11.3. The van der Waals surface area contributed by atoms with Gasteiger partial charge in [-0.15, -0.1) is 6.42 Å². The van der Waals surface area contributed by atoms with Gasteiger partial charge in [0.15, 0.2) is 5.78 Å². The van der Waals surface area contributed by atoms with Crippen LogP contribution in [0.1, 0.15) is 56.6 Å². The summed E-state index contributed by atoms with van der Waals surface area (Å²) in [6, 6.07) is 6.74. The number of hydrogen-bond donors (Lipinski definition) is 6. The van der Waals surface area contributed by atoms with Crippen LogP contribution in [0.3, 0.4) is 0 Å². The van der Waals surface area contributed by atoms with Crippen LogP contribution in [-0.2, 0) is 30.3 Å². The van der Waals surface area contributed by atoms with Crippen LogP contribution in [-0.4, -0.2) is 93.2 Å². The summed E-state index contributed by atoms with van der Waals surface area (Å²) in [4.78, 5) is 36.6. The van der Waals surface area contributed by atoms with E-state index < -0.39 is 79.8 Å². The second kappa shape index (κ2) is 15.7. The number of ether oxygens (including phenoxy) is 2. The second-order valence-electron chi connectivity index (χ2n) is 9.77. The van der Waals surface area contributed by atoms with Crippen LogP contribution in [0.25, 0.3) is 0 Å². The molecule has 1 heterocycles. The molecule has 1 aromatic carbocycles. The number of aliphatic carboxylic acids is 1. The van der Waals surface area contributed by atoms with Crippen LogP contribution >= 0.6 is 0 Å². The summed E-state index contributed by atoms with van der Waals surface area (Å²) in [6.07, 6.45) is 1.09. The van der Waals surface area contributed by atoms with E-state index in [1.165, 1.54) is 0 Å². The number of ketones is 1. The molecule has 0 bridgehead atoms. The van der Waals surface area contributed by atoms with E-state index in [0.717, 1.165) is 19.3 Å². The number of nitrogens with one attached hydrogen (secondary N) is 1. The number of carbonyl (C=O) groups excluding carboxylic acids is 2. The molecule has 1 aliphatic heterocycles. The molecule has 0 aromatic heterocycles. The van der Waals surface area contributed by atoms with Gasteiger partial charge < -0.3 is 40.3 Å². The first-order valence-corrected chi connectivity index (χ1v) is 13.1. The van der Waals surface area contributed by atoms with Crippen molar-refractivity contribution in [3.8, 4) is 12.3 Å². The Morgan fingerprint density at radius 2 is 1.90 bits per heavy atom. The van der Waals surface area contributed by atoms with Crippen molar-refractivity contribution in [2.75, 3.05) is 19.8 Å². The third kappa shape index (κ3) is 9.39. The van der Waals surface area contributed by atoms with E-state index >= 15 is 0 Å². The number of rotatable bonds is 16. The van der Waals surface area contributed by atoms with Crippen LogP contribution in [0.4, 0.5) is 0 Å². The van der Waals surface area contributed by atoms with Crippen molar-refractivity contribution >= 4 is 17.7 Å². The highest BCUT2D eigenvalue weighted by atomic mass is 16.7. The fourth-order valence-electron chi connectivity index (χ4n) is 4.49. The lowest BCUT2D eigenvalue weighted by atomic mass is 9.80. The van der Waals surface area contributed by atoms with E-state index in [9.17, 15) is 39.9 Å². The van der Waals surface area contributed by atoms with Gasteiger partial charge in [0.25, 0.3) is 5.79 Å². The van der Waals surface area contributed by atoms with Gasteiger partial charge in [0.05, 0.1) is 31.3 Å². The van der Waals surface area contributed by atoms with Gasteiger partial charge in [0.1, 0.15) is 12.7 Å².